The molecule has 3 nitrogen and oxygen atoms in total. The molecule has 4 rings (SSSR count). The lowest BCUT2D eigenvalue weighted by Crippen LogP contribution is -2.38. The number of amides is 1. The van der Waals surface area contributed by atoms with Crippen molar-refractivity contribution in [1.29, 1.82) is 0 Å². The number of hydrogen-bond donors (Lipinski definition) is 0. The van der Waals surface area contributed by atoms with Gasteiger partial charge in [-0.05, 0) is 64.1 Å². The van der Waals surface area contributed by atoms with E-state index in [0.29, 0.717) is 6.04 Å². The minimum atomic E-state index is 0.272. The zero-order chi connectivity index (χ0) is 14.4. The third-order valence-electron chi connectivity index (χ3n) is 5.45. The van der Waals surface area contributed by atoms with Crippen LogP contribution in [0.25, 0.3) is 0 Å². The molecule has 114 valence electrons. The Morgan fingerprint density at radius 3 is 2.71 bits per heavy atom. The lowest BCUT2D eigenvalue weighted by atomic mass is 10.1. The van der Waals surface area contributed by atoms with Gasteiger partial charge in [0.25, 0.3) is 5.91 Å². The Morgan fingerprint density at radius 1 is 1.19 bits per heavy atom. The maximum absolute atomic E-state index is 12.7. The maximum Gasteiger partial charge on any atom is 0.254 e. The lowest BCUT2D eigenvalue weighted by Gasteiger charge is -2.26. The van der Waals surface area contributed by atoms with Gasteiger partial charge in [0, 0.05) is 28.9 Å². The van der Waals surface area contributed by atoms with Crippen molar-refractivity contribution in [1.82, 2.24) is 9.80 Å². The Hall–Kier alpha value is -0.870. The van der Waals surface area contributed by atoms with E-state index in [2.05, 4.69) is 16.7 Å². The fourth-order valence-corrected chi connectivity index (χ4v) is 4.99. The van der Waals surface area contributed by atoms with Gasteiger partial charge >= 0.3 is 0 Å². The van der Waals surface area contributed by atoms with Gasteiger partial charge in [-0.15, -0.1) is 11.3 Å². The molecule has 3 aliphatic rings. The van der Waals surface area contributed by atoms with E-state index in [-0.39, 0.29) is 5.91 Å². The molecule has 3 atom stereocenters. The van der Waals surface area contributed by atoms with Crippen molar-refractivity contribution >= 4 is 17.2 Å². The van der Waals surface area contributed by atoms with Crippen molar-refractivity contribution in [2.45, 2.75) is 51.1 Å². The smallest absolute Gasteiger partial charge is 0.254 e. The fourth-order valence-electron chi connectivity index (χ4n) is 4.32. The van der Waals surface area contributed by atoms with Crippen molar-refractivity contribution < 1.29 is 4.79 Å². The molecule has 3 fully saturated rings. The standard InChI is InChI=1S/C17H24N2OS/c1-12-9-13(11-21-12)17(20)19-8-4-5-15(19)14-10-16(14)18-6-2-3-7-18/h9,11,14-16H,2-8,10H2,1H3/t14?,15-,16?/m1/s1. The first-order valence-electron chi connectivity index (χ1n) is 8.34. The lowest BCUT2D eigenvalue weighted by molar-refractivity contribution is 0.0713. The number of carbonyl (C=O) groups is 1. The molecule has 2 aliphatic heterocycles. The van der Waals surface area contributed by atoms with E-state index in [1.807, 2.05) is 11.4 Å². The topological polar surface area (TPSA) is 23.6 Å². The van der Waals surface area contributed by atoms with Crippen molar-refractivity contribution in [2.24, 2.45) is 5.92 Å². The molecule has 3 heterocycles. The van der Waals surface area contributed by atoms with Gasteiger partial charge in [0.1, 0.15) is 0 Å². The number of likely N-dealkylation sites (tertiary alicyclic amines) is 2. The SMILES string of the molecule is Cc1cc(C(=O)N2CCC[C@@H]2C2CC2N2CCCC2)cs1. The van der Waals surface area contributed by atoms with Gasteiger partial charge in [-0.2, -0.15) is 0 Å². The van der Waals surface area contributed by atoms with Crippen molar-refractivity contribution in [3.05, 3.63) is 21.9 Å². The monoisotopic (exact) mass is 304 g/mol. The zero-order valence-electron chi connectivity index (χ0n) is 12.8. The number of nitrogens with zero attached hydrogens (tertiary/aromatic N) is 2. The predicted molar refractivity (Wildman–Crippen MR) is 85.8 cm³/mol. The second-order valence-electron chi connectivity index (χ2n) is 6.86. The van der Waals surface area contributed by atoms with Crippen LogP contribution >= 0.6 is 11.3 Å². The molecule has 4 heteroatoms. The van der Waals surface area contributed by atoms with Crippen LogP contribution in [-0.4, -0.2) is 47.4 Å². The molecule has 0 N–H and O–H groups in total. The Labute approximate surface area is 130 Å². The summed E-state index contributed by atoms with van der Waals surface area (Å²) in [6, 6.07) is 3.33. The van der Waals surface area contributed by atoms with E-state index in [1.54, 1.807) is 11.3 Å². The van der Waals surface area contributed by atoms with Crippen LogP contribution in [0.5, 0.6) is 0 Å². The van der Waals surface area contributed by atoms with Crippen LogP contribution in [0.4, 0.5) is 0 Å². The summed E-state index contributed by atoms with van der Waals surface area (Å²) in [5.74, 6) is 1.02. The highest BCUT2D eigenvalue weighted by atomic mass is 32.1. The molecule has 2 saturated heterocycles. The number of aryl methyl sites for hydroxylation is 1. The summed E-state index contributed by atoms with van der Waals surface area (Å²) in [7, 11) is 0. The molecule has 0 aromatic carbocycles. The molecular weight excluding hydrogens is 280 g/mol. The Balaban J connectivity index is 1.45. The fraction of sp³-hybridized carbons (Fsp3) is 0.706. The average Bonchev–Trinajstić information content (AvgIpc) is 2.98. The zero-order valence-corrected chi connectivity index (χ0v) is 13.6. The summed E-state index contributed by atoms with van der Waals surface area (Å²) in [4.78, 5) is 18.8. The van der Waals surface area contributed by atoms with Gasteiger partial charge < -0.3 is 9.80 Å². The average molecular weight is 304 g/mol. The molecule has 0 radical (unpaired) electrons. The first-order chi connectivity index (χ1) is 10.2. The number of carbonyl (C=O) groups excluding carboxylic acids is 1. The summed E-state index contributed by atoms with van der Waals surface area (Å²) in [6.07, 6.45) is 6.44. The number of hydrogen-bond acceptors (Lipinski definition) is 3. The Bertz CT molecular complexity index is 535. The minimum absolute atomic E-state index is 0.272. The Morgan fingerprint density at radius 2 is 2.00 bits per heavy atom. The molecule has 2 unspecified atom stereocenters. The number of thiophene rings is 1. The second kappa shape index (κ2) is 5.40. The van der Waals surface area contributed by atoms with E-state index in [0.717, 1.165) is 24.1 Å². The summed E-state index contributed by atoms with van der Waals surface area (Å²) >= 11 is 1.68. The van der Waals surface area contributed by atoms with Crippen molar-refractivity contribution in [3.63, 3.8) is 0 Å². The van der Waals surface area contributed by atoms with Gasteiger partial charge in [0.2, 0.25) is 0 Å². The minimum Gasteiger partial charge on any atom is -0.335 e. The molecule has 1 saturated carbocycles. The quantitative estimate of drug-likeness (QED) is 0.856. The van der Waals surface area contributed by atoms with Crippen LogP contribution in [0, 0.1) is 12.8 Å². The molecule has 21 heavy (non-hydrogen) atoms. The molecule has 1 aromatic heterocycles. The number of rotatable bonds is 3. The summed E-state index contributed by atoms with van der Waals surface area (Å²) in [5, 5.41) is 2.03. The molecule has 0 bridgehead atoms. The van der Waals surface area contributed by atoms with E-state index in [4.69, 9.17) is 0 Å². The van der Waals surface area contributed by atoms with Crippen LogP contribution in [0.15, 0.2) is 11.4 Å². The molecule has 1 aliphatic carbocycles. The van der Waals surface area contributed by atoms with Crippen molar-refractivity contribution in [2.75, 3.05) is 19.6 Å². The maximum atomic E-state index is 12.7. The van der Waals surface area contributed by atoms with E-state index in [1.165, 1.54) is 50.1 Å². The Kier molecular flexibility index (Phi) is 3.54. The van der Waals surface area contributed by atoms with Crippen LogP contribution in [0.3, 0.4) is 0 Å². The van der Waals surface area contributed by atoms with Crippen LogP contribution in [-0.2, 0) is 0 Å². The molecule has 0 spiro atoms. The summed E-state index contributed by atoms with van der Waals surface area (Å²) < 4.78 is 0. The third-order valence-corrected chi connectivity index (χ3v) is 6.31. The van der Waals surface area contributed by atoms with E-state index < -0.39 is 0 Å². The van der Waals surface area contributed by atoms with Crippen LogP contribution < -0.4 is 0 Å². The first-order valence-corrected chi connectivity index (χ1v) is 9.22. The summed E-state index contributed by atoms with van der Waals surface area (Å²) in [6.45, 7) is 5.60. The first kappa shape index (κ1) is 13.8. The van der Waals surface area contributed by atoms with Gasteiger partial charge in [-0.3, -0.25) is 4.79 Å². The van der Waals surface area contributed by atoms with Crippen LogP contribution in [0.1, 0.15) is 47.3 Å². The molecular formula is C17H24N2OS. The van der Waals surface area contributed by atoms with E-state index >= 15 is 0 Å². The highest BCUT2D eigenvalue weighted by Crippen LogP contribution is 2.45. The normalized spacial score (nSPS) is 32.8. The second-order valence-corrected chi connectivity index (χ2v) is 7.98. The van der Waals surface area contributed by atoms with Gasteiger partial charge in [0.05, 0.1) is 5.56 Å². The van der Waals surface area contributed by atoms with E-state index in [9.17, 15) is 4.79 Å². The highest BCUT2D eigenvalue weighted by molar-refractivity contribution is 7.10. The molecule has 1 aromatic rings. The van der Waals surface area contributed by atoms with Gasteiger partial charge in [-0.1, -0.05) is 0 Å². The van der Waals surface area contributed by atoms with Gasteiger partial charge in [0.15, 0.2) is 0 Å². The molecule has 1 amide bonds. The predicted octanol–water partition coefficient (Wildman–Crippen LogP) is 3.15. The van der Waals surface area contributed by atoms with Crippen LogP contribution in [0.2, 0.25) is 0 Å². The van der Waals surface area contributed by atoms with Gasteiger partial charge in [-0.25, -0.2) is 0 Å². The summed E-state index contributed by atoms with van der Waals surface area (Å²) in [5.41, 5.74) is 0.905. The van der Waals surface area contributed by atoms with Crippen molar-refractivity contribution in [3.8, 4) is 0 Å². The largest absolute Gasteiger partial charge is 0.335 e. The highest BCUT2D eigenvalue weighted by Gasteiger charge is 2.50. The third kappa shape index (κ3) is 2.53.